The van der Waals surface area contributed by atoms with Gasteiger partial charge in [-0.2, -0.15) is 0 Å². The Kier molecular flexibility index (Phi) is 3.05. The molecule has 2 aromatic heterocycles. The van der Waals surface area contributed by atoms with Gasteiger partial charge in [-0.3, -0.25) is 9.78 Å². The lowest BCUT2D eigenvalue weighted by atomic mass is 10.3. The average molecular weight is 247 g/mol. The molecule has 0 spiro atoms. The number of anilines is 1. The van der Waals surface area contributed by atoms with Crippen molar-refractivity contribution in [2.45, 2.75) is 6.92 Å². The zero-order chi connectivity index (χ0) is 13.1. The predicted molar refractivity (Wildman–Crippen MR) is 60.4 cm³/mol. The molecule has 92 valence electrons. The topological polar surface area (TPSA) is 105 Å². The molecule has 7 nitrogen and oxygen atoms in total. The number of pyridine rings is 1. The van der Waals surface area contributed by atoms with Gasteiger partial charge in [-0.15, -0.1) is 0 Å². The molecule has 0 saturated heterocycles. The molecule has 7 heteroatoms. The van der Waals surface area contributed by atoms with Gasteiger partial charge in [0.2, 0.25) is 5.76 Å². The van der Waals surface area contributed by atoms with E-state index >= 15 is 0 Å². The van der Waals surface area contributed by atoms with Gasteiger partial charge in [0.05, 0.1) is 11.9 Å². The number of carboxylic acid groups (broad SMARTS) is 1. The number of carboxylic acids is 1. The van der Waals surface area contributed by atoms with Gasteiger partial charge in [-0.05, 0) is 19.1 Å². The Labute approximate surface area is 101 Å². The molecule has 0 saturated carbocycles. The van der Waals surface area contributed by atoms with E-state index in [1.165, 1.54) is 6.20 Å². The molecule has 2 rings (SSSR count). The van der Waals surface area contributed by atoms with Crippen molar-refractivity contribution in [3.63, 3.8) is 0 Å². The highest BCUT2D eigenvalue weighted by atomic mass is 16.5. The van der Waals surface area contributed by atoms with Crippen molar-refractivity contribution >= 4 is 17.6 Å². The fraction of sp³-hybridized carbons (Fsp3) is 0.0909. The third-order valence-electron chi connectivity index (χ3n) is 2.12. The standard InChI is InChI=1S/C11H9N3O4/c1-6-2-3-7(5-12-6)13-10(15)8-4-9(11(16)17)18-14-8/h2-5H,1H3,(H,13,15)(H,16,17). The van der Waals surface area contributed by atoms with Crippen LogP contribution in [0.1, 0.15) is 26.7 Å². The van der Waals surface area contributed by atoms with E-state index in [4.69, 9.17) is 5.11 Å². The minimum Gasteiger partial charge on any atom is -0.475 e. The van der Waals surface area contributed by atoms with Crippen LogP contribution < -0.4 is 5.32 Å². The van der Waals surface area contributed by atoms with Crippen LogP contribution in [0.3, 0.4) is 0 Å². The molecule has 0 aliphatic heterocycles. The Morgan fingerprint density at radius 3 is 2.72 bits per heavy atom. The van der Waals surface area contributed by atoms with Gasteiger partial charge < -0.3 is 14.9 Å². The fourth-order valence-electron chi connectivity index (χ4n) is 1.22. The van der Waals surface area contributed by atoms with E-state index in [1.807, 2.05) is 6.92 Å². The zero-order valence-corrected chi connectivity index (χ0v) is 9.38. The molecule has 0 atom stereocenters. The second-order valence-electron chi connectivity index (χ2n) is 3.52. The first-order valence-corrected chi connectivity index (χ1v) is 5.00. The van der Waals surface area contributed by atoms with Crippen LogP contribution in [0.25, 0.3) is 0 Å². The summed E-state index contributed by atoms with van der Waals surface area (Å²) in [5, 5.41) is 14.5. The van der Waals surface area contributed by atoms with Crippen molar-refractivity contribution in [1.82, 2.24) is 10.1 Å². The largest absolute Gasteiger partial charge is 0.475 e. The average Bonchev–Trinajstić information content (AvgIpc) is 2.81. The number of amides is 1. The van der Waals surface area contributed by atoms with Gasteiger partial charge in [0.25, 0.3) is 5.91 Å². The molecule has 0 fully saturated rings. The number of rotatable bonds is 3. The van der Waals surface area contributed by atoms with Crippen molar-refractivity contribution in [3.05, 3.63) is 41.5 Å². The lowest BCUT2D eigenvalue weighted by Gasteiger charge is -2.01. The van der Waals surface area contributed by atoms with E-state index in [1.54, 1.807) is 12.1 Å². The van der Waals surface area contributed by atoms with Crippen LogP contribution in [0, 0.1) is 6.92 Å². The van der Waals surface area contributed by atoms with Crippen LogP contribution in [0.5, 0.6) is 0 Å². The Bertz CT molecular complexity index is 589. The number of aromatic carboxylic acids is 1. The molecule has 0 aromatic carbocycles. The molecule has 0 unspecified atom stereocenters. The van der Waals surface area contributed by atoms with E-state index < -0.39 is 11.9 Å². The Balaban J connectivity index is 2.11. The molecule has 0 aliphatic carbocycles. The zero-order valence-electron chi connectivity index (χ0n) is 9.38. The highest BCUT2D eigenvalue weighted by Gasteiger charge is 2.16. The Morgan fingerprint density at radius 1 is 1.39 bits per heavy atom. The van der Waals surface area contributed by atoms with Crippen LogP contribution in [0.2, 0.25) is 0 Å². The van der Waals surface area contributed by atoms with E-state index in [-0.39, 0.29) is 11.5 Å². The van der Waals surface area contributed by atoms with Crippen LogP contribution in [-0.2, 0) is 0 Å². The van der Waals surface area contributed by atoms with Crippen molar-refractivity contribution in [3.8, 4) is 0 Å². The first-order valence-electron chi connectivity index (χ1n) is 5.00. The smallest absolute Gasteiger partial charge is 0.374 e. The number of aryl methyl sites for hydroxylation is 1. The summed E-state index contributed by atoms with van der Waals surface area (Å²) in [6.45, 7) is 1.82. The molecule has 2 N–H and O–H groups in total. The van der Waals surface area contributed by atoms with E-state index in [2.05, 4.69) is 20.0 Å². The second-order valence-corrected chi connectivity index (χ2v) is 3.52. The molecule has 0 radical (unpaired) electrons. The number of carbonyl (C=O) groups is 2. The second kappa shape index (κ2) is 4.66. The predicted octanol–water partition coefficient (Wildman–Crippen LogP) is 1.33. The number of carbonyl (C=O) groups excluding carboxylic acids is 1. The summed E-state index contributed by atoms with van der Waals surface area (Å²) in [7, 11) is 0. The van der Waals surface area contributed by atoms with E-state index in [0.29, 0.717) is 5.69 Å². The highest BCUT2D eigenvalue weighted by molar-refractivity contribution is 6.03. The van der Waals surface area contributed by atoms with Gasteiger partial charge in [-0.25, -0.2) is 4.79 Å². The number of nitrogens with one attached hydrogen (secondary N) is 1. The fourth-order valence-corrected chi connectivity index (χ4v) is 1.22. The van der Waals surface area contributed by atoms with Crippen LogP contribution >= 0.6 is 0 Å². The van der Waals surface area contributed by atoms with Gasteiger partial charge in [0.1, 0.15) is 0 Å². The summed E-state index contributed by atoms with van der Waals surface area (Å²) >= 11 is 0. The van der Waals surface area contributed by atoms with Crippen molar-refractivity contribution in [2.24, 2.45) is 0 Å². The van der Waals surface area contributed by atoms with Crippen molar-refractivity contribution in [2.75, 3.05) is 5.32 Å². The van der Waals surface area contributed by atoms with Crippen LogP contribution in [0.4, 0.5) is 5.69 Å². The number of nitrogens with zero attached hydrogens (tertiary/aromatic N) is 2. The third kappa shape index (κ3) is 2.51. The molecule has 2 heterocycles. The van der Waals surface area contributed by atoms with E-state index in [9.17, 15) is 9.59 Å². The summed E-state index contributed by atoms with van der Waals surface area (Å²) in [4.78, 5) is 26.2. The molecule has 1 amide bonds. The first-order chi connectivity index (χ1) is 8.56. The first kappa shape index (κ1) is 11.8. The third-order valence-corrected chi connectivity index (χ3v) is 2.12. The molecule has 2 aromatic rings. The minimum absolute atomic E-state index is 0.104. The van der Waals surface area contributed by atoms with Gasteiger partial charge in [-0.1, -0.05) is 5.16 Å². The van der Waals surface area contributed by atoms with Crippen LogP contribution in [0.15, 0.2) is 28.9 Å². The summed E-state index contributed by atoms with van der Waals surface area (Å²) in [5.74, 6) is -2.22. The molecule has 0 aliphatic rings. The summed E-state index contributed by atoms with van der Waals surface area (Å²) in [6.07, 6.45) is 1.49. The number of hydrogen-bond donors (Lipinski definition) is 2. The Morgan fingerprint density at radius 2 is 2.17 bits per heavy atom. The quantitative estimate of drug-likeness (QED) is 0.847. The summed E-state index contributed by atoms with van der Waals surface area (Å²) < 4.78 is 4.48. The maximum Gasteiger partial charge on any atom is 0.374 e. The van der Waals surface area contributed by atoms with Crippen LogP contribution in [-0.4, -0.2) is 27.1 Å². The minimum atomic E-state index is -1.28. The highest BCUT2D eigenvalue weighted by Crippen LogP contribution is 2.09. The molecular weight excluding hydrogens is 238 g/mol. The Hall–Kier alpha value is -2.70. The maximum atomic E-state index is 11.7. The van der Waals surface area contributed by atoms with Gasteiger partial charge >= 0.3 is 5.97 Å². The molecule has 0 bridgehead atoms. The summed E-state index contributed by atoms with van der Waals surface area (Å²) in [6, 6.07) is 4.47. The van der Waals surface area contributed by atoms with E-state index in [0.717, 1.165) is 11.8 Å². The number of hydrogen-bond acceptors (Lipinski definition) is 5. The maximum absolute atomic E-state index is 11.7. The monoisotopic (exact) mass is 247 g/mol. The molecule has 18 heavy (non-hydrogen) atoms. The van der Waals surface area contributed by atoms with Gasteiger partial charge in [0, 0.05) is 11.8 Å². The SMILES string of the molecule is Cc1ccc(NC(=O)c2cc(C(=O)O)on2)cn1. The lowest BCUT2D eigenvalue weighted by molar-refractivity contribution is 0.0651. The van der Waals surface area contributed by atoms with Crippen molar-refractivity contribution in [1.29, 1.82) is 0 Å². The number of aromatic nitrogens is 2. The lowest BCUT2D eigenvalue weighted by Crippen LogP contribution is -2.12. The molecular formula is C11H9N3O4. The van der Waals surface area contributed by atoms with Crippen molar-refractivity contribution < 1.29 is 19.2 Å². The normalized spacial score (nSPS) is 10.1. The summed E-state index contributed by atoms with van der Waals surface area (Å²) in [5.41, 5.74) is 1.21. The van der Waals surface area contributed by atoms with Gasteiger partial charge in [0.15, 0.2) is 5.69 Å².